The topological polar surface area (TPSA) is 52.5 Å². The van der Waals surface area contributed by atoms with Gasteiger partial charge >= 0.3 is 49.4 Å². The van der Waals surface area contributed by atoms with Crippen LogP contribution in [-0.4, -0.2) is 4.57 Å². The number of fused-ring (bicyclic) bond motifs is 3. The van der Waals surface area contributed by atoms with E-state index >= 15 is 0 Å². The van der Waals surface area contributed by atoms with E-state index < -0.39 is 138 Å². The van der Waals surface area contributed by atoms with Crippen molar-refractivity contribution < 1.29 is 105 Å². The molecule has 0 saturated carbocycles. The molecule has 10 aromatic carbocycles. The highest BCUT2D eigenvalue weighted by Gasteiger charge is 2.42. The Kier molecular flexibility index (Phi) is 16.5. The molecule has 11 aromatic rings. The van der Waals surface area contributed by atoms with Crippen LogP contribution in [0.1, 0.15) is 55.6 Å². The lowest BCUT2D eigenvalue weighted by atomic mass is 9.90. The molecule has 0 unspecified atom stereocenters. The van der Waals surface area contributed by atoms with Crippen LogP contribution in [0.2, 0.25) is 0 Å². The SMILES string of the molecule is N#Cc1cc(C#N)cc(-c2ccccc2-n2c3ccc(-c4cc(-c5cc(C(F)(F)F)cc(C(F)(F)F)c5)cc(-c5cc(C(F)(F)F)cc(C(F)(F)F)c5)c4)cc3c3cc(-c4cc(-c5cc(C(F)(F)F)cc(C(F)(F)F)c5)cc(-c5cc(C(F)(F)F)cc(C(F)(F)F)c5)c4)ccc32)c1. The second-order valence-corrected chi connectivity index (χ2v) is 22.1. The summed E-state index contributed by atoms with van der Waals surface area (Å²) in [5, 5.41) is 20.0. The fourth-order valence-electron chi connectivity index (χ4n) is 11.2. The third-order valence-corrected chi connectivity index (χ3v) is 15.6. The maximum Gasteiger partial charge on any atom is 0.416 e. The average molecular weight is 1370 g/mol. The lowest BCUT2D eigenvalue weighted by molar-refractivity contribution is -0.144. The molecule has 0 aliphatic heterocycles. The van der Waals surface area contributed by atoms with Crippen molar-refractivity contribution in [3.8, 4) is 95.7 Å². The van der Waals surface area contributed by atoms with Crippen molar-refractivity contribution in [1.29, 1.82) is 10.5 Å². The quantitative estimate of drug-likeness (QED) is 0.142. The smallest absolute Gasteiger partial charge is 0.309 e. The summed E-state index contributed by atoms with van der Waals surface area (Å²) in [6, 6.07) is 28.4. The van der Waals surface area contributed by atoms with E-state index in [9.17, 15) is 116 Å². The predicted molar refractivity (Wildman–Crippen MR) is 308 cm³/mol. The minimum atomic E-state index is -5.49. The molecule has 0 radical (unpaired) electrons. The number of nitrogens with zero attached hydrogens (tertiary/aromatic N) is 3. The number of rotatable bonds is 8. The van der Waals surface area contributed by atoms with Crippen LogP contribution in [-0.2, 0) is 49.4 Å². The second kappa shape index (κ2) is 23.6. The van der Waals surface area contributed by atoms with Gasteiger partial charge in [0.1, 0.15) is 0 Å². The lowest BCUT2D eigenvalue weighted by Gasteiger charge is -2.18. The summed E-state index contributed by atoms with van der Waals surface area (Å²) in [6.45, 7) is 0. The number of aromatic nitrogens is 1. The Morgan fingerprint density at radius 3 is 0.711 bits per heavy atom. The Labute approximate surface area is 529 Å². The minimum Gasteiger partial charge on any atom is -0.309 e. The van der Waals surface area contributed by atoms with Crippen LogP contribution >= 0.6 is 0 Å². The van der Waals surface area contributed by atoms with E-state index in [1.54, 1.807) is 16.7 Å². The van der Waals surface area contributed by atoms with E-state index in [4.69, 9.17) is 0 Å². The van der Waals surface area contributed by atoms with Gasteiger partial charge in [0.15, 0.2) is 0 Å². The Bertz CT molecular complexity index is 4470. The van der Waals surface area contributed by atoms with Gasteiger partial charge in [0.2, 0.25) is 0 Å². The third kappa shape index (κ3) is 13.9. The zero-order chi connectivity index (χ0) is 70.7. The Hall–Kier alpha value is -10.7. The van der Waals surface area contributed by atoms with Crippen molar-refractivity contribution in [3.63, 3.8) is 0 Å². The largest absolute Gasteiger partial charge is 0.416 e. The molecular weight excluding hydrogens is 1340 g/mol. The second-order valence-electron chi connectivity index (χ2n) is 22.1. The van der Waals surface area contributed by atoms with E-state index in [0.29, 0.717) is 0 Å². The maximum absolute atomic E-state index is 14.4. The van der Waals surface area contributed by atoms with Gasteiger partial charge in [-0.25, -0.2) is 0 Å². The first-order valence-electron chi connectivity index (χ1n) is 27.6. The van der Waals surface area contributed by atoms with Crippen molar-refractivity contribution in [2.45, 2.75) is 49.4 Å². The number of alkyl halides is 24. The molecule has 0 atom stereocenters. The van der Waals surface area contributed by atoms with E-state index in [2.05, 4.69) is 0 Å². The molecule has 11 rings (SSSR count). The summed E-state index contributed by atoms with van der Waals surface area (Å²) in [7, 11) is 0. The van der Waals surface area contributed by atoms with Gasteiger partial charge in [0, 0.05) is 16.3 Å². The maximum atomic E-state index is 14.4. The van der Waals surface area contributed by atoms with Crippen LogP contribution in [0.15, 0.2) is 188 Å². The Morgan fingerprint density at radius 2 is 0.464 bits per heavy atom. The summed E-state index contributed by atoms with van der Waals surface area (Å²) in [5.74, 6) is 0. The molecule has 0 aliphatic carbocycles. The number of hydrogen-bond acceptors (Lipinski definition) is 2. The molecule has 0 amide bonds. The van der Waals surface area contributed by atoms with E-state index in [0.717, 1.165) is 36.4 Å². The average Bonchev–Trinajstić information content (AvgIpc) is 1.60. The van der Waals surface area contributed by atoms with E-state index in [-0.39, 0.29) is 145 Å². The Balaban J connectivity index is 1.24. The van der Waals surface area contributed by atoms with Crippen LogP contribution in [0.5, 0.6) is 0 Å². The molecule has 0 saturated heterocycles. The summed E-state index contributed by atoms with van der Waals surface area (Å²) in [4.78, 5) is 0. The minimum absolute atomic E-state index is 0.00242. The summed E-state index contributed by atoms with van der Waals surface area (Å²) < 4.78 is 348. The molecule has 0 spiro atoms. The summed E-state index contributed by atoms with van der Waals surface area (Å²) in [5.41, 5.74) is -21.0. The highest BCUT2D eigenvalue weighted by Crippen LogP contribution is 2.48. The fraction of sp³-hybridized carbons (Fsp3) is 0.114. The number of hydrogen-bond donors (Lipinski definition) is 0. The molecule has 1 aromatic heterocycles. The normalized spacial score (nSPS) is 12.9. The van der Waals surface area contributed by atoms with Gasteiger partial charge in [-0.2, -0.15) is 116 Å². The molecular formula is C70H31F24N3. The van der Waals surface area contributed by atoms with Crippen molar-refractivity contribution in [2.24, 2.45) is 0 Å². The number of halogens is 24. The molecule has 0 aliphatic rings. The first-order chi connectivity index (χ1) is 44.9. The fourth-order valence-corrected chi connectivity index (χ4v) is 11.2. The third-order valence-electron chi connectivity index (χ3n) is 15.6. The van der Waals surface area contributed by atoms with E-state index in [1.807, 2.05) is 12.1 Å². The molecule has 0 bridgehead atoms. The van der Waals surface area contributed by atoms with Gasteiger partial charge in [-0.15, -0.1) is 0 Å². The van der Waals surface area contributed by atoms with Gasteiger partial charge < -0.3 is 4.57 Å². The molecule has 0 N–H and O–H groups in total. The summed E-state index contributed by atoms with van der Waals surface area (Å²) >= 11 is 0. The highest BCUT2D eigenvalue weighted by atomic mass is 19.4. The highest BCUT2D eigenvalue weighted by molar-refractivity contribution is 6.12. The van der Waals surface area contributed by atoms with Crippen molar-refractivity contribution in [1.82, 2.24) is 4.57 Å². The van der Waals surface area contributed by atoms with Crippen molar-refractivity contribution in [3.05, 3.63) is 244 Å². The standard InChI is InChI=1S/C70H31F24N3/c71-63(72,73)49-18-44(19-50(28-49)64(74,75)76)40-12-38(13-41(16-40)45-20-51(65(77,78)79)29-52(21-45)66(80,81)82)36-5-7-61-58(26-36)59-27-37(6-8-62(59)97(61)60-4-2-1-3-57(60)48-10-34(32-95)9-35(11-48)33-96)39-14-42(46-22-53(67(83,84)85)30-54(23-46)68(86,87)88)17-43(15-39)47-24-55(69(89,90)91)31-56(25-47)70(92,93)94/h1-31H. The van der Waals surface area contributed by atoms with Crippen LogP contribution < -0.4 is 0 Å². The zero-order valence-corrected chi connectivity index (χ0v) is 47.8. The van der Waals surface area contributed by atoms with Crippen LogP contribution in [0.25, 0.3) is 105 Å². The van der Waals surface area contributed by atoms with Gasteiger partial charge in [-0.3, -0.25) is 0 Å². The van der Waals surface area contributed by atoms with Gasteiger partial charge in [-0.1, -0.05) is 30.3 Å². The summed E-state index contributed by atoms with van der Waals surface area (Å²) in [6.07, 6.45) is -43.9. The molecule has 494 valence electrons. The monoisotopic (exact) mass is 1370 g/mol. The lowest BCUT2D eigenvalue weighted by Crippen LogP contribution is -2.11. The molecule has 1 heterocycles. The number of nitriles is 2. The van der Waals surface area contributed by atoms with Crippen LogP contribution in [0.3, 0.4) is 0 Å². The zero-order valence-electron chi connectivity index (χ0n) is 47.8. The first kappa shape index (κ1) is 67.7. The van der Waals surface area contributed by atoms with Crippen LogP contribution in [0.4, 0.5) is 105 Å². The molecule has 27 heteroatoms. The molecule has 97 heavy (non-hydrogen) atoms. The van der Waals surface area contributed by atoms with Gasteiger partial charge in [-0.05, 0) is 230 Å². The number of benzene rings is 10. The predicted octanol–water partition coefficient (Wildman–Crippen LogP) is 24.3. The van der Waals surface area contributed by atoms with Gasteiger partial charge in [0.25, 0.3) is 0 Å². The van der Waals surface area contributed by atoms with Crippen LogP contribution in [0, 0.1) is 22.7 Å². The van der Waals surface area contributed by atoms with Gasteiger partial charge in [0.05, 0.1) is 84.5 Å². The van der Waals surface area contributed by atoms with Crippen molar-refractivity contribution in [2.75, 3.05) is 0 Å². The molecule has 3 nitrogen and oxygen atoms in total. The number of para-hydroxylation sites is 1. The van der Waals surface area contributed by atoms with Crippen molar-refractivity contribution >= 4 is 21.8 Å². The molecule has 0 fully saturated rings. The Morgan fingerprint density at radius 1 is 0.227 bits per heavy atom. The van der Waals surface area contributed by atoms with E-state index in [1.165, 1.54) is 66.7 Å². The first-order valence-corrected chi connectivity index (χ1v) is 27.6.